The number of hydrogen-bond acceptors (Lipinski definition) is 6. The second kappa shape index (κ2) is 15.5. The van der Waals surface area contributed by atoms with Gasteiger partial charge in [-0.3, -0.25) is 13.9 Å². The number of carbonyl (C=O) groups excluding carboxylic acids is 2. The van der Waals surface area contributed by atoms with Gasteiger partial charge in [0.05, 0.1) is 10.6 Å². The molecule has 4 aromatic rings. The predicted octanol–water partition coefficient (Wildman–Crippen LogP) is 6.00. The summed E-state index contributed by atoms with van der Waals surface area (Å²) in [6.45, 7) is 3.70. The van der Waals surface area contributed by atoms with E-state index in [1.54, 1.807) is 24.3 Å². The summed E-state index contributed by atoms with van der Waals surface area (Å²) in [6.07, 6.45) is 0.842. The summed E-state index contributed by atoms with van der Waals surface area (Å²) in [4.78, 5) is 29.7. The van der Waals surface area contributed by atoms with Crippen molar-refractivity contribution in [1.82, 2.24) is 10.2 Å². The molecule has 0 saturated heterocycles. The molecule has 0 saturated carbocycles. The lowest BCUT2D eigenvalue weighted by Gasteiger charge is -2.34. The molecular formula is C36H37ClFN3O6S. The number of amides is 2. The van der Waals surface area contributed by atoms with Crippen LogP contribution in [0.25, 0.3) is 0 Å². The minimum atomic E-state index is -4.43. The molecule has 0 aromatic heterocycles. The smallest absolute Gasteiger partial charge is 0.264 e. The van der Waals surface area contributed by atoms with Gasteiger partial charge in [0.15, 0.2) is 11.5 Å². The highest BCUT2D eigenvalue weighted by Gasteiger charge is 2.35. The minimum Gasteiger partial charge on any atom is -0.486 e. The Labute approximate surface area is 285 Å². The molecule has 0 aliphatic carbocycles. The number of anilines is 1. The van der Waals surface area contributed by atoms with Gasteiger partial charge in [-0.05, 0) is 73.0 Å². The summed E-state index contributed by atoms with van der Waals surface area (Å²) in [5, 5.41) is 3.50. The Morgan fingerprint density at radius 1 is 0.896 bits per heavy atom. The van der Waals surface area contributed by atoms with Crippen molar-refractivity contribution in [2.75, 3.05) is 24.1 Å². The molecule has 9 nitrogen and oxygen atoms in total. The SMILES string of the molecule is CC[C@@H](C)NC(=O)[C@H](Cc1ccccc1)N(Cc1ccc(Cl)cc1)C(=O)CN(c1ccc(F)cc1)S(=O)(=O)c1ccc2c(c1)OCCO2. The summed E-state index contributed by atoms with van der Waals surface area (Å²) >= 11 is 6.14. The van der Waals surface area contributed by atoms with Gasteiger partial charge in [-0.25, -0.2) is 12.8 Å². The van der Waals surface area contributed by atoms with E-state index in [9.17, 15) is 22.4 Å². The number of hydrogen-bond donors (Lipinski definition) is 1. The average Bonchev–Trinajstić information content (AvgIpc) is 3.10. The fourth-order valence-electron chi connectivity index (χ4n) is 5.23. The van der Waals surface area contributed by atoms with E-state index in [1.807, 2.05) is 44.2 Å². The summed E-state index contributed by atoms with van der Waals surface area (Å²) in [5.74, 6) is -0.943. The van der Waals surface area contributed by atoms with Crippen molar-refractivity contribution in [2.24, 2.45) is 0 Å². The maximum absolute atomic E-state index is 14.6. The molecule has 0 bridgehead atoms. The third-order valence-corrected chi connectivity index (χ3v) is 10.1. The zero-order valence-electron chi connectivity index (χ0n) is 26.6. The molecule has 4 aromatic carbocycles. The Hall–Kier alpha value is -4.61. The van der Waals surface area contributed by atoms with Gasteiger partial charge < -0.3 is 19.7 Å². The fraction of sp³-hybridized carbons (Fsp3) is 0.278. The molecule has 2 amide bonds. The number of halogens is 2. The monoisotopic (exact) mass is 693 g/mol. The van der Waals surface area contributed by atoms with Crippen LogP contribution in [0.4, 0.5) is 10.1 Å². The highest BCUT2D eigenvalue weighted by atomic mass is 35.5. The van der Waals surface area contributed by atoms with Gasteiger partial charge in [-0.1, -0.05) is 61.0 Å². The van der Waals surface area contributed by atoms with Crippen LogP contribution < -0.4 is 19.1 Å². The summed E-state index contributed by atoms with van der Waals surface area (Å²) < 4.78 is 54.7. The minimum absolute atomic E-state index is 0.0112. The highest BCUT2D eigenvalue weighted by Crippen LogP contribution is 2.34. The van der Waals surface area contributed by atoms with Crippen LogP contribution in [0.5, 0.6) is 11.5 Å². The van der Waals surface area contributed by atoms with Gasteiger partial charge in [0.2, 0.25) is 11.8 Å². The molecule has 0 unspecified atom stereocenters. The van der Waals surface area contributed by atoms with E-state index in [2.05, 4.69) is 5.32 Å². The van der Waals surface area contributed by atoms with Crippen LogP contribution >= 0.6 is 11.6 Å². The van der Waals surface area contributed by atoms with Crippen molar-refractivity contribution in [3.63, 3.8) is 0 Å². The number of rotatable bonds is 13. The van der Waals surface area contributed by atoms with Crippen LogP contribution in [-0.4, -0.2) is 57.0 Å². The van der Waals surface area contributed by atoms with Crippen LogP contribution in [0, 0.1) is 5.82 Å². The fourth-order valence-corrected chi connectivity index (χ4v) is 6.79. The highest BCUT2D eigenvalue weighted by molar-refractivity contribution is 7.92. The zero-order chi connectivity index (χ0) is 34.3. The molecule has 0 radical (unpaired) electrons. The lowest BCUT2D eigenvalue weighted by atomic mass is 10.0. The quantitative estimate of drug-likeness (QED) is 0.184. The largest absolute Gasteiger partial charge is 0.486 e. The molecule has 252 valence electrons. The molecule has 5 rings (SSSR count). The Balaban J connectivity index is 1.57. The van der Waals surface area contributed by atoms with E-state index in [1.165, 1.54) is 35.2 Å². The van der Waals surface area contributed by atoms with Crippen molar-refractivity contribution in [3.05, 3.63) is 119 Å². The number of sulfonamides is 1. The number of ether oxygens (including phenoxy) is 2. The van der Waals surface area contributed by atoms with Gasteiger partial charge in [-0.2, -0.15) is 0 Å². The lowest BCUT2D eigenvalue weighted by molar-refractivity contribution is -0.140. The van der Waals surface area contributed by atoms with E-state index in [0.29, 0.717) is 29.4 Å². The van der Waals surface area contributed by atoms with Gasteiger partial charge in [0.25, 0.3) is 10.0 Å². The van der Waals surface area contributed by atoms with E-state index >= 15 is 0 Å². The zero-order valence-corrected chi connectivity index (χ0v) is 28.2. The first-order valence-electron chi connectivity index (χ1n) is 15.6. The Morgan fingerprint density at radius 2 is 1.56 bits per heavy atom. The van der Waals surface area contributed by atoms with E-state index in [4.69, 9.17) is 21.1 Å². The second-order valence-corrected chi connectivity index (χ2v) is 13.8. The molecule has 0 fully saturated rings. The number of benzene rings is 4. The molecule has 0 spiro atoms. The number of fused-ring (bicyclic) bond motifs is 1. The van der Waals surface area contributed by atoms with Crippen LogP contribution in [0.1, 0.15) is 31.4 Å². The van der Waals surface area contributed by atoms with E-state index in [0.717, 1.165) is 22.0 Å². The standard InChI is InChI=1S/C36H37ClFN3O6S/c1-3-25(2)39-36(43)32(21-26-7-5-4-6-8-26)40(23-27-9-11-28(37)12-10-27)35(42)24-41(30-15-13-29(38)14-16-30)48(44,45)31-17-18-33-34(22-31)47-20-19-46-33/h4-18,22,25,32H,3,19-21,23-24H2,1-2H3,(H,39,43)/t25-,32+/m1/s1. The average molecular weight is 694 g/mol. The lowest BCUT2D eigenvalue weighted by Crippen LogP contribution is -2.54. The third-order valence-electron chi connectivity index (χ3n) is 8.03. The maximum Gasteiger partial charge on any atom is 0.264 e. The van der Waals surface area contributed by atoms with E-state index < -0.39 is 34.3 Å². The number of carbonyl (C=O) groups is 2. The normalized spacial score (nSPS) is 13.7. The number of nitrogens with zero attached hydrogens (tertiary/aromatic N) is 2. The van der Waals surface area contributed by atoms with Crippen molar-refractivity contribution < 1.29 is 31.9 Å². The molecule has 1 aliphatic rings. The third kappa shape index (κ3) is 8.45. The number of nitrogens with one attached hydrogen (secondary N) is 1. The topological polar surface area (TPSA) is 105 Å². The summed E-state index contributed by atoms with van der Waals surface area (Å²) in [7, 11) is -4.43. The van der Waals surface area contributed by atoms with Crippen LogP contribution in [0.15, 0.2) is 102 Å². The van der Waals surface area contributed by atoms with Crippen molar-refractivity contribution in [3.8, 4) is 11.5 Å². The van der Waals surface area contributed by atoms with Gasteiger partial charge in [0, 0.05) is 30.1 Å². The molecular weight excluding hydrogens is 657 g/mol. The van der Waals surface area contributed by atoms with Crippen LogP contribution in [-0.2, 0) is 32.6 Å². The van der Waals surface area contributed by atoms with Crippen molar-refractivity contribution in [1.29, 1.82) is 0 Å². The Kier molecular flexibility index (Phi) is 11.2. The molecule has 48 heavy (non-hydrogen) atoms. The summed E-state index contributed by atoms with van der Waals surface area (Å²) in [6, 6.07) is 24.0. The molecule has 1 aliphatic heterocycles. The van der Waals surface area contributed by atoms with Crippen molar-refractivity contribution in [2.45, 2.75) is 50.2 Å². The first kappa shape index (κ1) is 34.7. The molecule has 12 heteroatoms. The van der Waals surface area contributed by atoms with Crippen LogP contribution in [0.2, 0.25) is 5.02 Å². The Bertz CT molecular complexity index is 1830. The first-order chi connectivity index (χ1) is 23.0. The second-order valence-electron chi connectivity index (χ2n) is 11.5. The molecule has 2 atom stereocenters. The van der Waals surface area contributed by atoms with Gasteiger partial charge in [-0.15, -0.1) is 0 Å². The predicted molar refractivity (Wildman–Crippen MR) is 182 cm³/mol. The van der Waals surface area contributed by atoms with Gasteiger partial charge >= 0.3 is 0 Å². The van der Waals surface area contributed by atoms with E-state index in [-0.39, 0.29) is 47.9 Å². The maximum atomic E-state index is 14.6. The van der Waals surface area contributed by atoms with Gasteiger partial charge in [0.1, 0.15) is 31.6 Å². The van der Waals surface area contributed by atoms with Crippen LogP contribution in [0.3, 0.4) is 0 Å². The first-order valence-corrected chi connectivity index (χ1v) is 17.4. The molecule has 1 N–H and O–H groups in total. The summed E-state index contributed by atoms with van der Waals surface area (Å²) in [5.41, 5.74) is 1.56. The van der Waals surface area contributed by atoms with Crippen molar-refractivity contribution >= 4 is 39.1 Å². The molecule has 1 heterocycles. The Morgan fingerprint density at radius 3 is 2.23 bits per heavy atom.